The summed E-state index contributed by atoms with van der Waals surface area (Å²) in [5, 5.41) is 9.26. The highest BCUT2D eigenvalue weighted by Crippen LogP contribution is 2.40. The minimum Gasteiger partial charge on any atom is -0.486 e. The molecular formula is C19H21NO4S. The number of aliphatic hydroxyl groups excluding tert-OH is 1. The molecular weight excluding hydrogens is 338 g/mol. The van der Waals surface area contributed by atoms with E-state index in [1.807, 2.05) is 12.1 Å². The number of hydrogen-bond donors (Lipinski definition) is 1. The van der Waals surface area contributed by atoms with Gasteiger partial charge >= 0.3 is 0 Å². The molecule has 0 spiro atoms. The van der Waals surface area contributed by atoms with Crippen LogP contribution in [0.1, 0.15) is 28.8 Å². The van der Waals surface area contributed by atoms with Crippen LogP contribution in [0.4, 0.5) is 0 Å². The predicted octanol–water partition coefficient (Wildman–Crippen LogP) is 1.96. The number of hydrogen-bond acceptors (Lipinski definition) is 6. The molecule has 0 saturated carbocycles. The standard InChI is InChI=1S/C19H21NO4S/c21-10-12-5-7-20(8-6-12)9-13-11-25-19-17(23)16(22)14-3-1-2-4-15(14)18(19)24-13/h1-4,12-13,21H,5-11H2. The van der Waals surface area contributed by atoms with E-state index in [9.17, 15) is 14.7 Å². The van der Waals surface area contributed by atoms with E-state index in [0.29, 0.717) is 27.9 Å². The third-order valence-electron chi connectivity index (χ3n) is 5.16. The zero-order valence-electron chi connectivity index (χ0n) is 13.9. The molecule has 1 N–H and O–H groups in total. The number of ketones is 2. The van der Waals surface area contributed by atoms with Gasteiger partial charge in [-0.25, -0.2) is 0 Å². The number of nitrogens with zero attached hydrogens (tertiary/aromatic N) is 1. The highest BCUT2D eigenvalue weighted by atomic mass is 32.2. The lowest BCUT2D eigenvalue weighted by Crippen LogP contribution is -2.42. The minimum atomic E-state index is -0.444. The fourth-order valence-corrected chi connectivity index (χ4v) is 4.72. The van der Waals surface area contributed by atoms with Crippen molar-refractivity contribution in [3.05, 3.63) is 40.3 Å². The van der Waals surface area contributed by atoms with Gasteiger partial charge in [0, 0.05) is 30.0 Å². The Labute approximate surface area is 151 Å². The number of ether oxygens (including phenoxy) is 1. The smallest absolute Gasteiger partial charge is 0.243 e. The van der Waals surface area contributed by atoms with Gasteiger partial charge in [0.25, 0.3) is 0 Å². The summed E-state index contributed by atoms with van der Waals surface area (Å²) in [7, 11) is 0. The maximum Gasteiger partial charge on any atom is 0.243 e. The topological polar surface area (TPSA) is 66.8 Å². The molecule has 6 heteroatoms. The number of Topliss-reactive ketones (excluding diaryl/α,β-unsaturated/α-hetero) is 2. The molecule has 1 unspecified atom stereocenters. The van der Waals surface area contributed by atoms with Gasteiger partial charge in [0.1, 0.15) is 16.8 Å². The lowest BCUT2D eigenvalue weighted by atomic mass is 9.93. The van der Waals surface area contributed by atoms with Crippen LogP contribution in [0.25, 0.3) is 5.76 Å². The second-order valence-electron chi connectivity index (χ2n) is 6.84. The van der Waals surface area contributed by atoms with Gasteiger partial charge in [-0.15, -0.1) is 11.8 Å². The minimum absolute atomic E-state index is 0.00323. The molecule has 2 aliphatic heterocycles. The molecule has 25 heavy (non-hydrogen) atoms. The average molecular weight is 359 g/mol. The maximum atomic E-state index is 12.3. The second-order valence-corrected chi connectivity index (χ2v) is 7.87. The van der Waals surface area contributed by atoms with Gasteiger partial charge in [-0.2, -0.15) is 0 Å². The SMILES string of the molecule is O=C1C(=O)c2ccccc2C2=C1SCC(CN1CCC(CO)CC1)O2. The first kappa shape index (κ1) is 16.8. The van der Waals surface area contributed by atoms with Crippen molar-refractivity contribution in [2.24, 2.45) is 5.92 Å². The van der Waals surface area contributed by atoms with Crippen LogP contribution in [0, 0.1) is 5.92 Å². The van der Waals surface area contributed by atoms with Gasteiger partial charge in [-0.3, -0.25) is 14.5 Å². The largest absolute Gasteiger partial charge is 0.486 e. The lowest BCUT2D eigenvalue weighted by Gasteiger charge is -2.36. The highest BCUT2D eigenvalue weighted by Gasteiger charge is 2.38. The molecule has 1 atom stereocenters. The molecule has 1 fully saturated rings. The van der Waals surface area contributed by atoms with Crippen LogP contribution in [0.2, 0.25) is 0 Å². The van der Waals surface area contributed by atoms with E-state index in [2.05, 4.69) is 4.90 Å². The first-order valence-electron chi connectivity index (χ1n) is 8.72. The Hall–Kier alpha value is -1.63. The summed E-state index contributed by atoms with van der Waals surface area (Å²) in [5.41, 5.74) is 1.18. The summed E-state index contributed by atoms with van der Waals surface area (Å²) >= 11 is 1.44. The van der Waals surface area contributed by atoms with Crippen LogP contribution in [-0.2, 0) is 9.53 Å². The van der Waals surface area contributed by atoms with Crippen molar-refractivity contribution in [1.82, 2.24) is 4.90 Å². The Morgan fingerprint density at radius 2 is 1.84 bits per heavy atom. The Kier molecular flexibility index (Phi) is 4.67. The van der Waals surface area contributed by atoms with Crippen LogP contribution < -0.4 is 0 Å². The van der Waals surface area contributed by atoms with Gasteiger partial charge in [-0.05, 0) is 31.8 Å². The summed E-state index contributed by atoms with van der Waals surface area (Å²) in [6, 6.07) is 7.18. The van der Waals surface area contributed by atoms with Crippen LogP contribution in [0.3, 0.4) is 0 Å². The van der Waals surface area contributed by atoms with Crippen molar-refractivity contribution < 1.29 is 19.4 Å². The number of benzene rings is 1. The molecule has 0 bridgehead atoms. The monoisotopic (exact) mass is 359 g/mol. The molecule has 5 nitrogen and oxygen atoms in total. The molecule has 0 aromatic heterocycles. The number of rotatable bonds is 3. The molecule has 3 aliphatic rings. The van der Waals surface area contributed by atoms with Crippen molar-refractivity contribution in [3.63, 3.8) is 0 Å². The van der Waals surface area contributed by atoms with Crippen LogP contribution in [0.5, 0.6) is 0 Å². The average Bonchev–Trinajstić information content (AvgIpc) is 2.67. The molecule has 0 amide bonds. The number of piperidine rings is 1. The van der Waals surface area contributed by atoms with Gasteiger partial charge in [0.2, 0.25) is 11.6 Å². The number of carbonyl (C=O) groups excluding carboxylic acids is 2. The fourth-order valence-electron chi connectivity index (χ4n) is 3.68. The van der Waals surface area contributed by atoms with Crippen molar-refractivity contribution in [2.75, 3.05) is 32.0 Å². The Morgan fingerprint density at radius 1 is 1.12 bits per heavy atom. The van der Waals surface area contributed by atoms with Crippen molar-refractivity contribution in [1.29, 1.82) is 0 Å². The number of allylic oxidation sites excluding steroid dienone is 1. The number of likely N-dealkylation sites (tertiary alicyclic amines) is 1. The lowest BCUT2D eigenvalue weighted by molar-refractivity contribution is -0.111. The normalized spacial score (nSPS) is 24.8. The molecule has 1 saturated heterocycles. The number of fused-ring (bicyclic) bond motifs is 2. The third-order valence-corrected chi connectivity index (χ3v) is 6.36. The van der Waals surface area contributed by atoms with Crippen molar-refractivity contribution in [3.8, 4) is 0 Å². The molecule has 1 aromatic carbocycles. The molecule has 2 heterocycles. The van der Waals surface area contributed by atoms with Crippen molar-refractivity contribution >= 4 is 29.1 Å². The van der Waals surface area contributed by atoms with E-state index in [0.717, 1.165) is 38.0 Å². The van der Waals surface area contributed by atoms with Crippen LogP contribution in [-0.4, -0.2) is 59.7 Å². The zero-order chi connectivity index (χ0) is 17.4. The van der Waals surface area contributed by atoms with Gasteiger partial charge in [-0.1, -0.05) is 24.3 Å². The molecule has 132 valence electrons. The zero-order valence-corrected chi connectivity index (χ0v) is 14.8. The molecule has 1 aliphatic carbocycles. The molecule has 1 aromatic rings. The molecule has 0 radical (unpaired) electrons. The van der Waals surface area contributed by atoms with E-state index >= 15 is 0 Å². The van der Waals surface area contributed by atoms with Gasteiger partial charge in [0.15, 0.2) is 0 Å². The second kappa shape index (κ2) is 6.94. The van der Waals surface area contributed by atoms with E-state index in [-0.39, 0.29) is 12.7 Å². The third kappa shape index (κ3) is 3.14. The Balaban J connectivity index is 1.50. The maximum absolute atomic E-state index is 12.3. The number of carbonyl (C=O) groups is 2. The first-order chi connectivity index (χ1) is 12.2. The van der Waals surface area contributed by atoms with E-state index < -0.39 is 11.6 Å². The van der Waals surface area contributed by atoms with E-state index in [1.54, 1.807) is 12.1 Å². The number of aliphatic hydroxyl groups is 1. The summed E-state index contributed by atoms with van der Waals surface area (Å²) in [5.74, 6) is 0.795. The fraction of sp³-hybridized carbons (Fsp3) is 0.474. The van der Waals surface area contributed by atoms with Crippen molar-refractivity contribution in [2.45, 2.75) is 18.9 Å². The van der Waals surface area contributed by atoms with Crippen LogP contribution in [0.15, 0.2) is 29.2 Å². The first-order valence-corrected chi connectivity index (χ1v) is 9.71. The highest BCUT2D eigenvalue weighted by molar-refractivity contribution is 8.04. The quantitative estimate of drug-likeness (QED) is 0.832. The summed E-state index contributed by atoms with van der Waals surface area (Å²) < 4.78 is 6.19. The summed E-state index contributed by atoms with van der Waals surface area (Å²) in [6.07, 6.45) is 2.03. The van der Waals surface area contributed by atoms with Gasteiger partial charge in [0.05, 0.1) is 0 Å². The summed E-state index contributed by atoms with van der Waals surface area (Å²) in [4.78, 5) is 27.4. The van der Waals surface area contributed by atoms with Gasteiger partial charge < -0.3 is 9.84 Å². The Morgan fingerprint density at radius 3 is 2.56 bits per heavy atom. The van der Waals surface area contributed by atoms with E-state index in [4.69, 9.17) is 4.74 Å². The molecule has 4 rings (SSSR count). The van der Waals surface area contributed by atoms with E-state index in [1.165, 1.54) is 11.8 Å². The summed E-state index contributed by atoms with van der Waals surface area (Å²) in [6.45, 7) is 3.02. The number of thioether (sulfide) groups is 1. The Bertz CT molecular complexity index is 737. The predicted molar refractivity (Wildman–Crippen MR) is 96.3 cm³/mol. The van der Waals surface area contributed by atoms with Crippen LogP contribution >= 0.6 is 11.8 Å².